The maximum Gasteiger partial charge on any atom is 0.336 e. The topological polar surface area (TPSA) is 63.0 Å². The molecule has 6 heteroatoms. The van der Waals surface area contributed by atoms with E-state index in [0.29, 0.717) is 16.7 Å². The highest BCUT2D eigenvalue weighted by atomic mass is 16.5. The molecule has 0 N–H and O–H groups in total. The van der Waals surface area contributed by atoms with Crippen LogP contribution in [0.1, 0.15) is 45.1 Å². The van der Waals surface area contributed by atoms with Gasteiger partial charge in [0.2, 0.25) is 0 Å². The SMILES string of the molecule is CCc1cc(=O)oc2cc(OC(C)C(=O)N3CCC4(CCCN(C)C4)CC3)ccc12. The molecule has 1 atom stereocenters. The smallest absolute Gasteiger partial charge is 0.336 e. The average Bonchev–Trinajstić information content (AvgIpc) is 2.72. The summed E-state index contributed by atoms with van der Waals surface area (Å²) in [6.07, 6.45) is 4.83. The molecular formula is C24H32N2O4. The minimum atomic E-state index is -0.577. The number of nitrogens with zero attached hydrogens (tertiary/aromatic N) is 2. The maximum atomic E-state index is 13.0. The van der Waals surface area contributed by atoms with E-state index in [2.05, 4.69) is 11.9 Å². The Bertz CT molecular complexity index is 975. The third-order valence-electron chi connectivity index (χ3n) is 6.83. The Hall–Kier alpha value is -2.34. The highest BCUT2D eigenvalue weighted by Crippen LogP contribution is 2.39. The van der Waals surface area contributed by atoms with Gasteiger partial charge >= 0.3 is 5.63 Å². The molecule has 3 heterocycles. The van der Waals surface area contributed by atoms with Crippen molar-refractivity contribution in [1.29, 1.82) is 0 Å². The summed E-state index contributed by atoms with van der Waals surface area (Å²) in [6, 6.07) is 6.98. The van der Waals surface area contributed by atoms with Crippen molar-refractivity contribution in [2.45, 2.75) is 52.1 Å². The number of piperidine rings is 2. The lowest BCUT2D eigenvalue weighted by atomic mass is 9.72. The number of hydrogen-bond acceptors (Lipinski definition) is 5. The molecule has 6 nitrogen and oxygen atoms in total. The van der Waals surface area contributed by atoms with Gasteiger partial charge in [-0.25, -0.2) is 4.79 Å². The Morgan fingerprint density at radius 1 is 1.20 bits per heavy atom. The van der Waals surface area contributed by atoms with E-state index < -0.39 is 6.10 Å². The van der Waals surface area contributed by atoms with Crippen molar-refractivity contribution >= 4 is 16.9 Å². The Labute approximate surface area is 177 Å². The van der Waals surface area contributed by atoms with Crippen molar-refractivity contribution in [3.8, 4) is 5.75 Å². The number of fused-ring (bicyclic) bond motifs is 1. The van der Waals surface area contributed by atoms with Crippen LogP contribution in [0.15, 0.2) is 33.5 Å². The second-order valence-corrected chi connectivity index (χ2v) is 9.03. The molecule has 2 aromatic rings. The molecule has 4 rings (SSSR count). The van der Waals surface area contributed by atoms with E-state index in [1.54, 1.807) is 13.0 Å². The predicted octanol–water partition coefficient (Wildman–Crippen LogP) is 3.46. The number of rotatable bonds is 4. The molecule has 1 amide bonds. The third-order valence-corrected chi connectivity index (χ3v) is 6.83. The molecule has 2 fully saturated rings. The van der Waals surface area contributed by atoms with Gasteiger partial charge < -0.3 is 19.0 Å². The second-order valence-electron chi connectivity index (χ2n) is 9.03. The minimum Gasteiger partial charge on any atom is -0.481 e. The molecule has 0 aliphatic carbocycles. The molecule has 0 radical (unpaired) electrons. The number of carbonyl (C=O) groups excluding carboxylic acids is 1. The van der Waals surface area contributed by atoms with E-state index in [4.69, 9.17) is 9.15 Å². The van der Waals surface area contributed by atoms with Crippen LogP contribution in [0.3, 0.4) is 0 Å². The molecular weight excluding hydrogens is 380 g/mol. The van der Waals surface area contributed by atoms with Gasteiger partial charge in [-0.3, -0.25) is 4.79 Å². The number of amides is 1. The summed E-state index contributed by atoms with van der Waals surface area (Å²) in [5.74, 6) is 0.569. The minimum absolute atomic E-state index is 0.0258. The Kier molecular flexibility index (Phi) is 5.87. The highest BCUT2D eigenvalue weighted by molar-refractivity contribution is 5.83. The van der Waals surface area contributed by atoms with Gasteiger partial charge in [-0.15, -0.1) is 0 Å². The van der Waals surface area contributed by atoms with Gasteiger partial charge in [-0.2, -0.15) is 0 Å². The lowest BCUT2D eigenvalue weighted by Crippen LogP contribution is -2.51. The fourth-order valence-corrected chi connectivity index (χ4v) is 5.15. The second kappa shape index (κ2) is 8.42. The molecule has 162 valence electrons. The van der Waals surface area contributed by atoms with Gasteiger partial charge in [0.1, 0.15) is 11.3 Å². The Morgan fingerprint density at radius 3 is 2.67 bits per heavy atom. The molecule has 0 saturated carbocycles. The number of benzene rings is 1. The summed E-state index contributed by atoms with van der Waals surface area (Å²) in [4.78, 5) is 29.1. The van der Waals surface area contributed by atoms with E-state index >= 15 is 0 Å². The zero-order chi connectivity index (χ0) is 21.3. The van der Waals surface area contributed by atoms with Crippen LogP contribution in [-0.4, -0.2) is 55.0 Å². The third kappa shape index (κ3) is 4.24. The normalized spacial score (nSPS) is 20.4. The summed E-state index contributed by atoms with van der Waals surface area (Å²) in [5.41, 5.74) is 1.46. The molecule has 2 aliphatic rings. The van der Waals surface area contributed by atoms with Gasteiger partial charge in [0.15, 0.2) is 6.10 Å². The van der Waals surface area contributed by atoms with Crippen LogP contribution < -0.4 is 10.4 Å². The van der Waals surface area contributed by atoms with Gasteiger partial charge in [0.05, 0.1) is 0 Å². The van der Waals surface area contributed by atoms with Crippen LogP contribution >= 0.6 is 0 Å². The standard InChI is InChI=1S/C24H32N2O4/c1-4-18-14-22(27)30-21-15-19(6-7-20(18)21)29-17(2)23(28)26-12-9-24(10-13-26)8-5-11-25(3)16-24/h6-7,14-15,17H,4-5,8-13,16H2,1-3H3. The van der Waals surface area contributed by atoms with Crippen LogP contribution in [-0.2, 0) is 11.2 Å². The van der Waals surface area contributed by atoms with Crippen LogP contribution in [0, 0.1) is 5.41 Å². The molecule has 0 bridgehead atoms. The largest absolute Gasteiger partial charge is 0.481 e. The predicted molar refractivity (Wildman–Crippen MR) is 117 cm³/mol. The highest BCUT2D eigenvalue weighted by Gasteiger charge is 2.39. The lowest BCUT2D eigenvalue weighted by molar-refractivity contribution is -0.140. The number of carbonyl (C=O) groups is 1. The summed E-state index contributed by atoms with van der Waals surface area (Å²) in [7, 11) is 2.20. The first-order chi connectivity index (χ1) is 14.4. The van der Waals surface area contributed by atoms with E-state index in [1.807, 2.05) is 24.0 Å². The van der Waals surface area contributed by atoms with Gasteiger partial charge in [0, 0.05) is 37.2 Å². The fraction of sp³-hybridized carbons (Fsp3) is 0.583. The summed E-state index contributed by atoms with van der Waals surface area (Å²) in [6.45, 7) is 7.72. The molecule has 2 aliphatic heterocycles. The molecule has 1 aromatic heterocycles. The quantitative estimate of drug-likeness (QED) is 0.720. The maximum absolute atomic E-state index is 13.0. The van der Waals surface area contributed by atoms with E-state index in [1.165, 1.54) is 25.5 Å². The van der Waals surface area contributed by atoms with Gasteiger partial charge in [-0.1, -0.05) is 6.92 Å². The monoisotopic (exact) mass is 412 g/mol. The number of hydrogen-bond donors (Lipinski definition) is 0. The first kappa shape index (κ1) is 20.9. The fourth-order valence-electron chi connectivity index (χ4n) is 5.15. The number of likely N-dealkylation sites (tertiary alicyclic amines) is 2. The Balaban J connectivity index is 1.41. The van der Waals surface area contributed by atoms with Crippen molar-refractivity contribution in [1.82, 2.24) is 9.80 Å². The van der Waals surface area contributed by atoms with Crippen molar-refractivity contribution in [3.63, 3.8) is 0 Å². The first-order valence-corrected chi connectivity index (χ1v) is 11.1. The molecule has 2 saturated heterocycles. The Morgan fingerprint density at radius 2 is 1.97 bits per heavy atom. The van der Waals surface area contributed by atoms with Crippen molar-refractivity contribution < 1.29 is 13.9 Å². The number of ether oxygens (including phenoxy) is 1. The van der Waals surface area contributed by atoms with Crippen LogP contribution in [0.4, 0.5) is 0 Å². The summed E-state index contributed by atoms with van der Waals surface area (Å²) in [5, 5.41) is 0.905. The summed E-state index contributed by atoms with van der Waals surface area (Å²) >= 11 is 0. The molecule has 1 aromatic carbocycles. The van der Waals surface area contributed by atoms with Crippen molar-refractivity contribution in [3.05, 3.63) is 40.2 Å². The van der Waals surface area contributed by atoms with Crippen LogP contribution in [0.5, 0.6) is 5.75 Å². The van der Waals surface area contributed by atoms with E-state index in [0.717, 1.165) is 49.8 Å². The number of aryl methyl sites for hydroxylation is 1. The summed E-state index contributed by atoms with van der Waals surface area (Å²) < 4.78 is 11.3. The zero-order valence-electron chi connectivity index (χ0n) is 18.3. The van der Waals surface area contributed by atoms with Gasteiger partial charge in [-0.05, 0) is 75.7 Å². The molecule has 1 unspecified atom stereocenters. The van der Waals surface area contributed by atoms with E-state index in [9.17, 15) is 9.59 Å². The van der Waals surface area contributed by atoms with Gasteiger partial charge in [0.25, 0.3) is 5.91 Å². The zero-order valence-corrected chi connectivity index (χ0v) is 18.3. The molecule has 30 heavy (non-hydrogen) atoms. The van der Waals surface area contributed by atoms with Crippen LogP contribution in [0.25, 0.3) is 11.0 Å². The molecule has 1 spiro atoms. The average molecular weight is 413 g/mol. The van der Waals surface area contributed by atoms with Crippen LogP contribution in [0.2, 0.25) is 0 Å². The lowest BCUT2D eigenvalue weighted by Gasteiger charge is -2.47. The van der Waals surface area contributed by atoms with Crippen molar-refractivity contribution in [2.24, 2.45) is 5.41 Å². The van der Waals surface area contributed by atoms with E-state index in [-0.39, 0.29) is 11.5 Å². The van der Waals surface area contributed by atoms with Crippen molar-refractivity contribution in [2.75, 3.05) is 33.2 Å². The first-order valence-electron chi connectivity index (χ1n) is 11.1.